The van der Waals surface area contributed by atoms with Crippen LogP contribution in [-0.4, -0.2) is 35.5 Å². The van der Waals surface area contributed by atoms with Gasteiger partial charge in [-0.05, 0) is 44.6 Å². The molecule has 1 aromatic rings. The Bertz CT molecular complexity index is 495. The van der Waals surface area contributed by atoms with Gasteiger partial charge in [-0.3, -0.25) is 4.98 Å². The van der Waals surface area contributed by atoms with Crippen LogP contribution in [-0.2, 0) is 15.1 Å². The first-order valence-electron chi connectivity index (χ1n) is 7.57. The highest BCUT2D eigenvalue weighted by atomic mass is 19.1. The van der Waals surface area contributed by atoms with Gasteiger partial charge in [0.25, 0.3) is 0 Å². The molecule has 0 radical (unpaired) electrons. The molecule has 2 atom stereocenters. The smallest absolute Gasteiger partial charge is 0.141 e. The van der Waals surface area contributed by atoms with Gasteiger partial charge in [-0.1, -0.05) is 0 Å². The molecule has 0 bridgehead atoms. The average Bonchev–Trinajstić information content (AvgIpc) is 2.48. The summed E-state index contributed by atoms with van der Waals surface area (Å²) in [6.07, 6.45) is 5.98. The molecular formula is C16H22FNO3. The molecule has 2 aliphatic heterocycles. The number of hydrogen-bond donors (Lipinski definition) is 1. The second-order valence-electron chi connectivity index (χ2n) is 6.37. The van der Waals surface area contributed by atoms with E-state index in [1.54, 1.807) is 13.1 Å². The monoisotopic (exact) mass is 295 g/mol. The Morgan fingerprint density at radius 2 is 2.10 bits per heavy atom. The number of aliphatic hydroxyl groups is 1. The largest absolute Gasteiger partial charge is 0.385 e. The molecule has 2 aliphatic rings. The van der Waals surface area contributed by atoms with Crippen molar-refractivity contribution >= 4 is 0 Å². The van der Waals surface area contributed by atoms with E-state index < -0.39 is 11.4 Å². The van der Waals surface area contributed by atoms with Crippen LogP contribution in [0.1, 0.15) is 38.2 Å². The standard InChI is InChI=1S/C16H22FNO3/c1-15(19,13-8-14(17)11-18-10-13)12-2-5-21-16(9-12)3-6-20-7-4-16/h8,10-12,19H,2-7,9H2,1H3. The zero-order valence-electron chi connectivity index (χ0n) is 12.3. The molecule has 2 fully saturated rings. The van der Waals surface area contributed by atoms with E-state index in [2.05, 4.69) is 4.98 Å². The van der Waals surface area contributed by atoms with Gasteiger partial charge in [0.05, 0.1) is 17.4 Å². The molecule has 116 valence electrons. The number of halogens is 1. The number of nitrogens with zero attached hydrogens (tertiary/aromatic N) is 1. The quantitative estimate of drug-likeness (QED) is 0.910. The predicted molar refractivity (Wildman–Crippen MR) is 75.2 cm³/mol. The molecule has 21 heavy (non-hydrogen) atoms. The molecule has 2 unspecified atom stereocenters. The van der Waals surface area contributed by atoms with E-state index in [0.717, 1.165) is 31.9 Å². The van der Waals surface area contributed by atoms with Crippen LogP contribution in [0.5, 0.6) is 0 Å². The molecule has 1 N–H and O–H groups in total. The van der Waals surface area contributed by atoms with Crippen LogP contribution < -0.4 is 0 Å². The first kappa shape index (κ1) is 14.9. The Labute approximate surface area is 124 Å². The van der Waals surface area contributed by atoms with Gasteiger partial charge in [-0.25, -0.2) is 4.39 Å². The SMILES string of the molecule is CC(O)(c1cncc(F)c1)C1CCOC2(CCOCC2)C1. The Hall–Kier alpha value is -1.04. The minimum Gasteiger partial charge on any atom is -0.385 e. The fourth-order valence-electron chi connectivity index (χ4n) is 3.52. The lowest BCUT2D eigenvalue weighted by molar-refractivity contribution is -0.174. The second-order valence-corrected chi connectivity index (χ2v) is 6.37. The van der Waals surface area contributed by atoms with Crippen molar-refractivity contribution in [2.75, 3.05) is 19.8 Å². The molecule has 0 saturated carbocycles. The van der Waals surface area contributed by atoms with E-state index in [9.17, 15) is 9.50 Å². The van der Waals surface area contributed by atoms with Gasteiger partial charge < -0.3 is 14.6 Å². The van der Waals surface area contributed by atoms with Crippen molar-refractivity contribution in [1.82, 2.24) is 4.98 Å². The number of aromatic nitrogens is 1. The summed E-state index contributed by atoms with van der Waals surface area (Å²) >= 11 is 0. The van der Waals surface area contributed by atoms with Crippen LogP contribution >= 0.6 is 0 Å². The predicted octanol–water partition coefficient (Wildman–Crippen LogP) is 2.40. The van der Waals surface area contributed by atoms with E-state index in [1.165, 1.54) is 6.07 Å². The maximum Gasteiger partial charge on any atom is 0.141 e. The van der Waals surface area contributed by atoms with E-state index in [4.69, 9.17) is 9.47 Å². The van der Waals surface area contributed by atoms with Gasteiger partial charge >= 0.3 is 0 Å². The molecule has 3 rings (SSSR count). The summed E-state index contributed by atoms with van der Waals surface area (Å²) < 4.78 is 24.8. The fraction of sp³-hybridized carbons (Fsp3) is 0.688. The Balaban J connectivity index is 1.81. The highest BCUT2D eigenvalue weighted by molar-refractivity contribution is 5.20. The second kappa shape index (κ2) is 5.63. The van der Waals surface area contributed by atoms with E-state index in [-0.39, 0.29) is 11.5 Å². The van der Waals surface area contributed by atoms with Crippen LogP contribution in [0.25, 0.3) is 0 Å². The maximum absolute atomic E-state index is 13.4. The number of ether oxygens (including phenoxy) is 2. The molecule has 2 saturated heterocycles. The maximum atomic E-state index is 13.4. The molecule has 0 amide bonds. The molecular weight excluding hydrogens is 273 g/mol. The summed E-state index contributed by atoms with van der Waals surface area (Å²) in [7, 11) is 0. The molecule has 1 spiro atoms. The summed E-state index contributed by atoms with van der Waals surface area (Å²) in [5.41, 5.74) is -0.743. The normalized spacial score (nSPS) is 28.2. The highest BCUT2D eigenvalue weighted by Crippen LogP contribution is 2.44. The van der Waals surface area contributed by atoms with Crippen LogP contribution in [0, 0.1) is 11.7 Å². The van der Waals surface area contributed by atoms with Gasteiger partial charge in [0.15, 0.2) is 0 Å². The summed E-state index contributed by atoms with van der Waals surface area (Å²) in [6.45, 7) is 3.79. The van der Waals surface area contributed by atoms with Crippen LogP contribution in [0.3, 0.4) is 0 Å². The van der Waals surface area contributed by atoms with Crippen molar-refractivity contribution in [2.45, 2.75) is 43.8 Å². The van der Waals surface area contributed by atoms with Crippen LogP contribution in [0.4, 0.5) is 4.39 Å². The third-order valence-corrected chi connectivity index (χ3v) is 4.98. The van der Waals surface area contributed by atoms with E-state index in [0.29, 0.717) is 25.4 Å². The summed E-state index contributed by atoms with van der Waals surface area (Å²) in [5.74, 6) is -0.381. The van der Waals surface area contributed by atoms with Crippen LogP contribution in [0.2, 0.25) is 0 Å². The Kier molecular flexibility index (Phi) is 3.99. The molecule has 5 heteroatoms. The zero-order chi connectivity index (χ0) is 14.9. The third kappa shape index (κ3) is 2.96. The first-order chi connectivity index (χ1) is 10.0. The third-order valence-electron chi connectivity index (χ3n) is 4.98. The molecule has 1 aromatic heterocycles. The van der Waals surface area contributed by atoms with Gasteiger partial charge in [0.2, 0.25) is 0 Å². The molecule has 4 nitrogen and oxygen atoms in total. The lowest BCUT2D eigenvalue weighted by Crippen LogP contribution is -2.48. The zero-order valence-corrected chi connectivity index (χ0v) is 12.3. The summed E-state index contributed by atoms with van der Waals surface area (Å²) in [5, 5.41) is 11.0. The fourth-order valence-corrected chi connectivity index (χ4v) is 3.52. The number of rotatable bonds is 2. The average molecular weight is 295 g/mol. The van der Waals surface area contributed by atoms with Crippen molar-refractivity contribution < 1.29 is 19.0 Å². The number of pyridine rings is 1. The Morgan fingerprint density at radius 1 is 1.33 bits per heavy atom. The van der Waals surface area contributed by atoms with E-state index >= 15 is 0 Å². The molecule has 0 aliphatic carbocycles. The van der Waals surface area contributed by atoms with Gasteiger partial charge in [-0.15, -0.1) is 0 Å². The lowest BCUT2D eigenvalue weighted by Gasteiger charge is -2.47. The highest BCUT2D eigenvalue weighted by Gasteiger charge is 2.45. The topological polar surface area (TPSA) is 51.6 Å². The molecule has 0 aromatic carbocycles. The van der Waals surface area contributed by atoms with E-state index in [1.807, 2.05) is 0 Å². The van der Waals surface area contributed by atoms with Crippen molar-refractivity contribution in [3.8, 4) is 0 Å². The van der Waals surface area contributed by atoms with Gasteiger partial charge in [-0.2, -0.15) is 0 Å². The molecule has 3 heterocycles. The van der Waals surface area contributed by atoms with Gasteiger partial charge in [0, 0.05) is 31.6 Å². The lowest BCUT2D eigenvalue weighted by atomic mass is 9.72. The van der Waals surface area contributed by atoms with Crippen LogP contribution in [0.15, 0.2) is 18.5 Å². The van der Waals surface area contributed by atoms with Crippen molar-refractivity contribution in [3.05, 3.63) is 29.8 Å². The number of hydrogen-bond acceptors (Lipinski definition) is 4. The minimum atomic E-state index is -1.09. The van der Waals surface area contributed by atoms with Crippen molar-refractivity contribution in [1.29, 1.82) is 0 Å². The van der Waals surface area contributed by atoms with Crippen molar-refractivity contribution in [2.24, 2.45) is 5.92 Å². The van der Waals surface area contributed by atoms with Gasteiger partial charge in [0.1, 0.15) is 5.82 Å². The minimum absolute atomic E-state index is 0.0351. The Morgan fingerprint density at radius 3 is 2.81 bits per heavy atom. The summed E-state index contributed by atoms with van der Waals surface area (Å²) in [4.78, 5) is 3.86. The first-order valence-corrected chi connectivity index (χ1v) is 7.57. The summed E-state index contributed by atoms with van der Waals surface area (Å²) in [6, 6.07) is 1.37. The van der Waals surface area contributed by atoms with Crippen molar-refractivity contribution in [3.63, 3.8) is 0 Å².